The summed E-state index contributed by atoms with van der Waals surface area (Å²) in [6, 6.07) is 20.6. The molecule has 3 N–H and O–H groups in total. The zero-order chi connectivity index (χ0) is 36.3. The first-order chi connectivity index (χ1) is 25.1. The van der Waals surface area contributed by atoms with Crippen LogP contribution in [0, 0.1) is 0 Å². The molecule has 0 bridgehead atoms. The number of fused-ring (bicyclic) bond motifs is 4. The highest BCUT2D eigenvalue weighted by Crippen LogP contribution is 2.39. The summed E-state index contributed by atoms with van der Waals surface area (Å²) < 4.78 is 0.848. The van der Waals surface area contributed by atoms with Gasteiger partial charge >= 0.3 is 5.97 Å². The van der Waals surface area contributed by atoms with E-state index in [1.54, 1.807) is 28.0 Å². The van der Waals surface area contributed by atoms with E-state index in [-0.39, 0.29) is 17.5 Å². The zero-order valence-electron chi connectivity index (χ0n) is 28.7. The predicted molar refractivity (Wildman–Crippen MR) is 204 cm³/mol. The normalized spacial score (nSPS) is 14.3. The molecule has 0 spiro atoms. The second-order valence-electron chi connectivity index (χ2n) is 13.0. The average Bonchev–Trinajstić information content (AvgIpc) is 3.98. The number of nitrogens with zero attached hydrogens (tertiary/aromatic N) is 6. The largest absolute Gasteiger partial charge is 0.477 e. The summed E-state index contributed by atoms with van der Waals surface area (Å²) >= 11 is 1.38. The summed E-state index contributed by atoms with van der Waals surface area (Å²) in [6.45, 7) is 6.69. The van der Waals surface area contributed by atoms with Crippen molar-refractivity contribution in [3.8, 4) is 0 Å². The minimum atomic E-state index is -1.05. The summed E-state index contributed by atoms with van der Waals surface area (Å²) in [7, 11) is 3.97. The molecule has 0 unspecified atom stereocenters. The first-order valence-electron chi connectivity index (χ1n) is 16.8. The summed E-state index contributed by atoms with van der Waals surface area (Å²) in [5.41, 5.74) is 9.33. The quantitative estimate of drug-likeness (QED) is 0.135. The van der Waals surface area contributed by atoms with Gasteiger partial charge in [-0.25, -0.2) is 9.78 Å². The first kappa shape index (κ1) is 32.8. The molecule has 2 amide bonds. The van der Waals surface area contributed by atoms with Gasteiger partial charge in [-0.3, -0.25) is 9.59 Å². The number of hydrogen-bond donors (Lipinski definition) is 3. The number of carbonyl (C=O) groups is 3. The van der Waals surface area contributed by atoms with Gasteiger partial charge in [0.15, 0.2) is 0 Å². The van der Waals surface area contributed by atoms with Crippen LogP contribution in [0.2, 0.25) is 0 Å². The van der Waals surface area contributed by atoms with Crippen molar-refractivity contribution in [2.24, 2.45) is 10.2 Å². The highest BCUT2D eigenvalue weighted by Gasteiger charge is 2.31. The number of aromatic carboxylic acids is 1. The number of carboxylic acids is 1. The van der Waals surface area contributed by atoms with Crippen molar-refractivity contribution in [1.82, 2.24) is 19.9 Å². The van der Waals surface area contributed by atoms with Gasteiger partial charge in [-0.05, 0) is 104 Å². The zero-order valence-corrected chi connectivity index (χ0v) is 29.5. The van der Waals surface area contributed by atoms with E-state index in [1.807, 2.05) is 80.5 Å². The highest BCUT2D eigenvalue weighted by molar-refractivity contribution is 7.21. The highest BCUT2D eigenvalue weighted by atomic mass is 32.1. The molecule has 6 aromatic rings. The number of benzene rings is 3. The molecular formula is C39H34N8O4S. The topological polar surface area (TPSA) is 150 Å². The van der Waals surface area contributed by atoms with Gasteiger partial charge < -0.3 is 29.8 Å². The van der Waals surface area contributed by atoms with Crippen molar-refractivity contribution in [2.45, 2.75) is 19.8 Å². The second kappa shape index (κ2) is 12.8. The molecule has 3 aromatic carbocycles. The molecule has 5 heterocycles. The van der Waals surface area contributed by atoms with Crippen molar-refractivity contribution < 1.29 is 19.5 Å². The van der Waals surface area contributed by atoms with Gasteiger partial charge in [0.1, 0.15) is 11.4 Å². The maximum atomic E-state index is 13.9. The Kier molecular flexibility index (Phi) is 8.06. The maximum absolute atomic E-state index is 13.9. The molecule has 0 saturated carbocycles. The lowest BCUT2D eigenvalue weighted by Gasteiger charge is -2.17. The molecule has 260 valence electrons. The molecule has 2 aliphatic heterocycles. The van der Waals surface area contributed by atoms with Crippen LogP contribution in [-0.4, -0.2) is 69.9 Å². The third-order valence-corrected chi connectivity index (χ3v) is 10.7. The molecule has 13 heteroatoms. The third kappa shape index (κ3) is 5.64. The SMILES string of the molecule is C=Cc1[nH]c(C(=O)O)cc1C1=C(C)N(C(=O)c2cc3c4c(ccc3[nH]2)N(C(=O)c2ccc3nc(N=Nc5ccc(N(C)C)cc5)sc3c2)CC4)CC1. The lowest BCUT2D eigenvalue weighted by atomic mass is 10.0. The maximum Gasteiger partial charge on any atom is 0.352 e. The van der Waals surface area contributed by atoms with Crippen LogP contribution < -0.4 is 9.80 Å². The molecule has 0 radical (unpaired) electrons. The summed E-state index contributed by atoms with van der Waals surface area (Å²) in [5, 5.41) is 19.6. The number of thiazole rings is 1. The van der Waals surface area contributed by atoms with E-state index in [9.17, 15) is 19.5 Å². The number of carboxylic acid groups (broad SMARTS) is 1. The number of azo groups is 1. The average molecular weight is 711 g/mol. The lowest BCUT2D eigenvalue weighted by molar-refractivity contribution is 0.0690. The van der Waals surface area contributed by atoms with Gasteiger partial charge in [-0.2, -0.15) is 0 Å². The van der Waals surface area contributed by atoms with E-state index in [0.717, 1.165) is 60.6 Å². The van der Waals surface area contributed by atoms with Crippen LogP contribution in [0.15, 0.2) is 89.2 Å². The van der Waals surface area contributed by atoms with Gasteiger partial charge in [-0.15, -0.1) is 10.2 Å². The number of anilines is 2. The minimum absolute atomic E-state index is 0.0751. The lowest BCUT2D eigenvalue weighted by Crippen LogP contribution is -2.28. The van der Waals surface area contributed by atoms with E-state index in [0.29, 0.717) is 48.0 Å². The number of amides is 2. The van der Waals surface area contributed by atoms with Crippen molar-refractivity contribution in [2.75, 3.05) is 37.0 Å². The molecular weight excluding hydrogens is 677 g/mol. The number of allylic oxidation sites excluding steroid dienone is 1. The van der Waals surface area contributed by atoms with E-state index in [2.05, 4.69) is 31.8 Å². The van der Waals surface area contributed by atoms with Gasteiger partial charge in [-0.1, -0.05) is 17.9 Å². The Morgan fingerprint density at radius 2 is 1.71 bits per heavy atom. The molecule has 0 atom stereocenters. The molecule has 52 heavy (non-hydrogen) atoms. The molecule has 0 fully saturated rings. The first-order valence-corrected chi connectivity index (χ1v) is 17.6. The van der Waals surface area contributed by atoms with E-state index >= 15 is 0 Å². The van der Waals surface area contributed by atoms with Crippen molar-refractivity contribution in [1.29, 1.82) is 0 Å². The summed E-state index contributed by atoms with van der Waals surface area (Å²) in [5.74, 6) is -1.33. The Morgan fingerprint density at radius 3 is 2.46 bits per heavy atom. The van der Waals surface area contributed by atoms with Gasteiger partial charge in [0.05, 0.1) is 15.9 Å². The van der Waals surface area contributed by atoms with Gasteiger partial charge in [0, 0.05) is 72.0 Å². The number of carbonyl (C=O) groups excluding carboxylic acids is 2. The molecule has 0 aliphatic carbocycles. The van der Waals surface area contributed by atoms with Crippen molar-refractivity contribution >= 4 is 84.1 Å². The van der Waals surface area contributed by atoms with E-state index in [1.165, 1.54) is 11.3 Å². The fraction of sp³-hybridized carbons (Fsp3) is 0.179. The molecule has 3 aromatic heterocycles. The smallest absolute Gasteiger partial charge is 0.352 e. The Bertz CT molecular complexity index is 2520. The minimum Gasteiger partial charge on any atom is -0.477 e. The molecule has 8 rings (SSSR count). The van der Waals surface area contributed by atoms with Crippen LogP contribution in [0.4, 0.5) is 22.2 Å². The Morgan fingerprint density at radius 1 is 0.923 bits per heavy atom. The van der Waals surface area contributed by atoms with Crippen molar-refractivity contribution in [3.05, 3.63) is 113 Å². The second-order valence-corrected chi connectivity index (χ2v) is 14.0. The Labute approximate surface area is 302 Å². The van der Waals surface area contributed by atoms with Crippen LogP contribution in [0.5, 0.6) is 0 Å². The number of nitrogens with one attached hydrogen (secondary N) is 2. The number of aromatic nitrogens is 3. The number of rotatable bonds is 8. The third-order valence-electron chi connectivity index (χ3n) is 9.76. The van der Waals surface area contributed by atoms with Crippen molar-refractivity contribution in [3.63, 3.8) is 0 Å². The standard InChI is InChI=1S/C39H34N8O4S/c1-5-29-27(20-33(40-29)38(50)51)25-14-16-46(21(25)2)37(49)32-19-28-26-15-17-47(34(26)13-12-30(28)41-32)36(48)22-6-11-31-35(18-22)52-39(42-31)44-43-23-7-9-24(10-8-23)45(3)4/h5-13,18-20,40-41H,1,14-17H2,2-4H3,(H,50,51). The Hall–Kier alpha value is -6.34. The van der Waals surface area contributed by atoms with Crippen LogP contribution in [0.1, 0.15) is 61.5 Å². The number of aromatic amines is 2. The van der Waals surface area contributed by atoms with E-state index < -0.39 is 5.97 Å². The van der Waals surface area contributed by atoms with Crippen LogP contribution in [0.3, 0.4) is 0 Å². The van der Waals surface area contributed by atoms with Crippen LogP contribution in [-0.2, 0) is 6.42 Å². The van der Waals surface area contributed by atoms with Crippen LogP contribution in [0.25, 0.3) is 32.8 Å². The summed E-state index contributed by atoms with van der Waals surface area (Å²) in [6.07, 6.45) is 2.84. The monoisotopic (exact) mass is 710 g/mol. The summed E-state index contributed by atoms with van der Waals surface area (Å²) in [4.78, 5) is 55.6. The predicted octanol–water partition coefficient (Wildman–Crippen LogP) is 8.41. The fourth-order valence-electron chi connectivity index (χ4n) is 7.06. The molecule has 2 aliphatic rings. The van der Waals surface area contributed by atoms with Gasteiger partial charge in [0.25, 0.3) is 11.8 Å². The number of hydrogen-bond acceptors (Lipinski definition) is 8. The molecule has 0 saturated heterocycles. The van der Waals surface area contributed by atoms with Gasteiger partial charge in [0.2, 0.25) is 5.13 Å². The fourth-order valence-corrected chi connectivity index (χ4v) is 7.89. The molecule has 12 nitrogen and oxygen atoms in total. The van der Waals surface area contributed by atoms with E-state index in [4.69, 9.17) is 0 Å². The Balaban J connectivity index is 1.01. The van der Waals surface area contributed by atoms with Crippen LogP contribution >= 0.6 is 11.3 Å². The number of H-pyrrole nitrogens is 2.